The van der Waals surface area contributed by atoms with Crippen molar-refractivity contribution in [1.29, 1.82) is 0 Å². The zero-order valence-electron chi connectivity index (χ0n) is 13.7. The lowest BCUT2D eigenvalue weighted by atomic mass is 10.2. The summed E-state index contributed by atoms with van der Waals surface area (Å²) in [6.45, 7) is 0. The number of benzene rings is 2. The van der Waals surface area contributed by atoms with Crippen LogP contribution in [0.3, 0.4) is 0 Å². The van der Waals surface area contributed by atoms with Crippen molar-refractivity contribution in [2.75, 3.05) is 10.0 Å². The lowest BCUT2D eigenvalue weighted by Crippen LogP contribution is -2.16. The predicted molar refractivity (Wildman–Crippen MR) is 99.9 cm³/mol. The van der Waals surface area contributed by atoms with E-state index in [1.54, 1.807) is 48.3 Å². The van der Waals surface area contributed by atoms with Crippen molar-refractivity contribution in [3.05, 3.63) is 71.4 Å². The summed E-state index contributed by atoms with van der Waals surface area (Å²) in [5.74, 6) is -0.0848. The molecule has 0 aliphatic rings. The second kappa shape index (κ2) is 7.19. The monoisotopic (exact) mass is 390 g/mol. The SMILES string of the molecule is Cn1ccc(NC(=O)c2cccc(S(=O)(=O)Nc3ccccc3Cl)c2)n1. The molecule has 0 fully saturated rings. The van der Waals surface area contributed by atoms with Gasteiger partial charge in [-0.25, -0.2) is 8.42 Å². The Balaban J connectivity index is 1.84. The molecule has 0 radical (unpaired) electrons. The first-order valence-corrected chi connectivity index (χ1v) is 9.40. The normalized spacial score (nSPS) is 11.2. The molecule has 0 unspecified atom stereocenters. The molecule has 0 saturated heterocycles. The molecule has 9 heteroatoms. The molecule has 134 valence electrons. The number of nitrogens with zero attached hydrogens (tertiary/aromatic N) is 2. The molecule has 3 rings (SSSR count). The van der Waals surface area contributed by atoms with Gasteiger partial charge < -0.3 is 5.32 Å². The van der Waals surface area contributed by atoms with E-state index in [1.165, 1.54) is 24.3 Å². The number of aromatic nitrogens is 2. The zero-order chi connectivity index (χ0) is 18.7. The first-order valence-electron chi connectivity index (χ1n) is 7.53. The van der Waals surface area contributed by atoms with Gasteiger partial charge in [0.2, 0.25) is 0 Å². The molecule has 26 heavy (non-hydrogen) atoms. The number of halogens is 1. The first-order chi connectivity index (χ1) is 12.3. The third-order valence-electron chi connectivity index (χ3n) is 3.48. The highest BCUT2D eigenvalue weighted by atomic mass is 35.5. The lowest BCUT2D eigenvalue weighted by Gasteiger charge is -2.10. The van der Waals surface area contributed by atoms with Gasteiger partial charge in [0, 0.05) is 24.9 Å². The van der Waals surface area contributed by atoms with Crippen molar-refractivity contribution in [2.45, 2.75) is 4.90 Å². The molecule has 2 aromatic carbocycles. The van der Waals surface area contributed by atoms with E-state index >= 15 is 0 Å². The van der Waals surface area contributed by atoms with Gasteiger partial charge in [-0.1, -0.05) is 29.8 Å². The van der Waals surface area contributed by atoms with Gasteiger partial charge >= 0.3 is 0 Å². The van der Waals surface area contributed by atoms with Gasteiger partial charge in [-0.3, -0.25) is 14.2 Å². The fourth-order valence-corrected chi connectivity index (χ4v) is 3.59. The number of para-hydroxylation sites is 1. The highest BCUT2D eigenvalue weighted by Crippen LogP contribution is 2.24. The summed E-state index contributed by atoms with van der Waals surface area (Å²) < 4.78 is 29.1. The van der Waals surface area contributed by atoms with Gasteiger partial charge in [0.05, 0.1) is 15.6 Å². The Morgan fingerprint density at radius 1 is 1.12 bits per heavy atom. The van der Waals surface area contributed by atoms with Crippen LogP contribution in [0.15, 0.2) is 65.7 Å². The molecule has 1 aromatic heterocycles. The minimum absolute atomic E-state index is 0.0499. The number of sulfonamides is 1. The predicted octanol–water partition coefficient (Wildman–Crippen LogP) is 3.13. The number of nitrogens with one attached hydrogen (secondary N) is 2. The zero-order valence-corrected chi connectivity index (χ0v) is 15.3. The number of aryl methyl sites for hydroxylation is 1. The van der Waals surface area contributed by atoms with E-state index in [1.807, 2.05) is 0 Å². The molecule has 2 N–H and O–H groups in total. The topological polar surface area (TPSA) is 93.1 Å². The summed E-state index contributed by atoms with van der Waals surface area (Å²) in [6.07, 6.45) is 1.68. The quantitative estimate of drug-likeness (QED) is 0.699. The van der Waals surface area contributed by atoms with Crippen LogP contribution in [0, 0.1) is 0 Å². The summed E-state index contributed by atoms with van der Waals surface area (Å²) in [6, 6.07) is 13.8. The van der Waals surface area contributed by atoms with E-state index in [9.17, 15) is 13.2 Å². The van der Waals surface area contributed by atoms with Crippen LogP contribution in [-0.2, 0) is 17.1 Å². The average Bonchev–Trinajstić information content (AvgIpc) is 3.02. The van der Waals surface area contributed by atoms with Gasteiger partial charge in [-0.05, 0) is 30.3 Å². The molecule has 3 aromatic rings. The Kier molecular flexibility index (Phi) is 4.97. The van der Waals surface area contributed by atoms with Crippen LogP contribution in [-0.4, -0.2) is 24.1 Å². The third-order valence-corrected chi connectivity index (χ3v) is 5.17. The summed E-state index contributed by atoms with van der Waals surface area (Å²) in [7, 11) is -2.17. The molecule has 0 saturated carbocycles. The van der Waals surface area contributed by atoms with E-state index in [-0.39, 0.29) is 21.2 Å². The standard InChI is InChI=1S/C17H15ClN4O3S/c1-22-10-9-16(20-22)19-17(23)12-5-4-6-13(11-12)26(24,25)21-15-8-3-2-7-14(15)18/h2-11,21H,1H3,(H,19,20,23). The molecule has 0 spiro atoms. The second-order valence-corrected chi connectivity index (χ2v) is 7.53. The number of hydrogen-bond acceptors (Lipinski definition) is 4. The van der Waals surface area contributed by atoms with E-state index in [0.717, 1.165) is 0 Å². The van der Waals surface area contributed by atoms with E-state index in [2.05, 4.69) is 15.1 Å². The van der Waals surface area contributed by atoms with Gasteiger partial charge in [-0.15, -0.1) is 0 Å². The van der Waals surface area contributed by atoms with Gasteiger partial charge in [-0.2, -0.15) is 5.10 Å². The fraction of sp³-hybridized carbons (Fsp3) is 0.0588. The Hall–Kier alpha value is -2.84. The highest BCUT2D eigenvalue weighted by Gasteiger charge is 2.18. The molecule has 0 aliphatic carbocycles. The smallest absolute Gasteiger partial charge is 0.261 e. The maximum Gasteiger partial charge on any atom is 0.261 e. The summed E-state index contributed by atoms with van der Waals surface area (Å²) in [5.41, 5.74) is 0.454. The molecule has 0 atom stereocenters. The van der Waals surface area contributed by atoms with Crippen molar-refractivity contribution < 1.29 is 13.2 Å². The average molecular weight is 391 g/mol. The van der Waals surface area contributed by atoms with Crippen LogP contribution in [0.1, 0.15) is 10.4 Å². The maximum absolute atomic E-state index is 12.6. The number of anilines is 2. The van der Waals surface area contributed by atoms with E-state index < -0.39 is 15.9 Å². The second-order valence-electron chi connectivity index (χ2n) is 5.44. The third kappa shape index (κ3) is 4.04. The van der Waals surface area contributed by atoms with Crippen molar-refractivity contribution in [1.82, 2.24) is 9.78 Å². The summed E-state index contributed by atoms with van der Waals surface area (Å²) >= 11 is 5.99. The Morgan fingerprint density at radius 3 is 2.58 bits per heavy atom. The first kappa shape index (κ1) is 18.0. The van der Waals surface area contributed by atoms with Crippen LogP contribution >= 0.6 is 11.6 Å². The highest BCUT2D eigenvalue weighted by molar-refractivity contribution is 7.92. The lowest BCUT2D eigenvalue weighted by molar-refractivity contribution is 0.102. The molecular formula is C17H15ClN4O3S. The Morgan fingerprint density at radius 2 is 1.88 bits per heavy atom. The number of carbonyl (C=O) groups excluding carboxylic acids is 1. The van der Waals surface area contributed by atoms with E-state index in [4.69, 9.17) is 11.6 Å². The molecule has 0 bridgehead atoms. The van der Waals surface area contributed by atoms with Crippen LogP contribution in [0.2, 0.25) is 5.02 Å². The van der Waals surface area contributed by atoms with Gasteiger partial charge in [0.15, 0.2) is 5.82 Å². The van der Waals surface area contributed by atoms with Crippen molar-refractivity contribution in [3.63, 3.8) is 0 Å². The summed E-state index contributed by atoms with van der Waals surface area (Å²) in [5, 5.41) is 6.94. The van der Waals surface area contributed by atoms with Crippen LogP contribution in [0.5, 0.6) is 0 Å². The van der Waals surface area contributed by atoms with Crippen LogP contribution in [0.4, 0.5) is 11.5 Å². The Labute approximate surface area is 155 Å². The van der Waals surface area contributed by atoms with Crippen molar-refractivity contribution in [2.24, 2.45) is 7.05 Å². The number of rotatable bonds is 5. The van der Waals surface area contributed by atoms with Gasteiger partial charge in [0.1, 0.15) is 0 Å². The van der Waals surface area contributed by atoms with Crippen molar-refractivity contribution >= 4 is 39.0 Å². The Bertz CT molecular complexity index is 1060. The number of amides is 1. The fourth-order valence-electron chi connectivity index (χ4n) is 2.22. The minimum Gasteiger partial charge on any atom is -0.305 e. The van der Waals surface area contributed by atoms with Crippen molar-refractivity contribution in [3.8, 4) is 0 Å². The van der Waals surface area contributed by atoms with Gasteiger partial charge in [0.25, 0.3) is 15.9 Å². The number of hydrogen-bond donors (Lipinski definition) is 2. The summed E-state index contributed by atoms with van der Waals surface area (Å²) in [4.78, 5) is 12.3. The molecule has 1 amide bonds. The molecule has 1 heterocycles. The number of carbonyl (C=O) groups is 1. The molecule has 0 aliphatic heterocycles. The molecular weight excluding hydrogens is 376 g/mol. The minimum atomic E-state index is -3.89. The maximum atomic E-state index is 12.6. The molecule has 7 nitrogen and oxygen atoms in total. The largest absolute Gasteiger partial charge is 0.305 e. The van der Waals surface area contributed by atoms with Crippen LogP contribution in [0.25, 0.3) is 0 Å². The van der Waals surface area contributed by atoms with Crippen LogP contribution < -0.4 is 10.0 Å². The van der Waals surface area contributed by atoms with E-state index in [0.29, 0.717) is 5.82 Å².